The van der Waals surface area contributed by atoms with Gasteiger partial charge in [0.2, 0.25) is 5.89 Å². The third kappa shape index (κ3) is 4.21. The molecule has 0 radical (unpaired) electrons. The molecule has 27 heavy (non-hydrogen) atoms. The minimum absolute atomic E-state index is 0.0509. The van der Waals surface area contributed by atoms with Crippen molar-refractivity contribution in [2.75, 3.05) is 26.3 Å². The molecule has 1 aliphatic carbocycles. The van der Waals surface area contributed by atoms with Crippen LogP contribution in [0.25, 0.3) is 0 Å². The highest BCUT2D eigenvalue weighted by Crippen LogP contribution is 2.27. The van der Waals surface area contributed by atoms with Crippen LogP contribution in [0.3, 0.4) is 0 Å². The average molecular weight is 373 g/mol. The molecule has 146 valence electrons. The lowest BCUT2D eigenvalue weighted by Gasteiger charge is -2.15. The molecular formula is C19H27N5O3. The Labute approximate surface area is 158 Å². The van der Waals surface area contributed by atoms with E-state index in [1.165, 1.54) is 25.7 Å². The Morgan fingerprint density at radius 1 is 1.33 bits per heavy atom. The topological polar surface area (TPSA) is 86.3 Å². The lowest BCUT2D eigenvalue weighted by atomic mass is 10.1. The van der Waals surface area contributed by atoms with Gasteiger partial charge in [-0.2, -0.15) is 4.98 Å². The van der Waals surface area contributed by atoms with Gasteiger partial charge in [0, 0.05) is 45.6 Å². The first-order valence-corrected chi connectivity index (χ1v) is 9.87. The number of aromatic nitrogens is 4. The van der Waals surface area contributed by atoms with E-state index in [2.05, 4.69) is 15.1 Å². The predicted molar refractivity (Wildman–Crippen MR) is 97.2 cm³/mol. The van der Waals surface area contributed by atoms with Crippen molar-refractivity contribution in [3.63, 3.8) is 0 Å². The van der Waals surface area contributed by atoms with Crippen molar-refractivity contribution in [3.8, 4) is 0 Å². The van der Waals surface area contributed by atoms with Crippen LogP contribution in [0.2, 0.25) is 0 Å². The lowest BCUT2D eigenvalue weighted by Crippen LogP contribution is -2.30. The third-order valence-corrected chi connectivity index (χ3v) is 5.62. The summed E-state index contributed by atoms with van der Waals surface area (Å²) in [7, 11) is 1.83. The van der Waals surface area contributed by atoms with Gasteiger partial charge in [-0.1, -0.05) is 18.0 Å². The molecule has 1 saturated heterocycles. The van der Waals surface area contributed by atoms with E-state index < -0.39 is 0 Å². The summed E-state index contributed by atoms with van der Waals surface area (Å²) in [6.45, 7) is 2.74. The van der Waals surface area contributed by atoms with Gasteiger partial charge >= 0.3 is 0 Å². The van der Waals surface area contributed by atoms with Gasteiger partial charge in [0.1, 0.15) is 0 Å². The second-order valence-corrected chi connectivity index (χ2v) is 7.62. The highest BCUT2D eigenvalue weighted by molar-refractivity contribution is 5.91. The lowest BCUT2D eigenvalue weighted by molar-refractivity contribution is 0.0774. The molecule has 8 nitrogen and oxygen atoms in total. The van der Waals surface area contributed by atoms with Crippen LogP contribution in [-0.2, 0) is 18.2 Å². The van der Waals surface area contributed by atoms with Crippen molar-refractivity contribution >= 4 is 5.91 Å². The number of likely N-dealkylation sites (tertiary alicyclic amines) is 1. The van der Waals surface area contributed by atoms with Crippen molar-refractivity contribution < 1.29 is 14.1 Å². The maximum Gasteiger partial charge on any atom is 0.289 e. The first kappa shape index (κ1) is 18.2. The SMILES string of the molecule is Cn1ccnc1C(=O)N1CCC(c2nc(CCOCC3CCCC3)no2)C1. The number of hydrogen-bond donors (Lipinski definition) is 0. The van der Waals surface area contributed by atoms with Crippen molar-refractivity contribution in [1.29, 1.82) is 0 Å². The summed E-state index contributed by atoms with van der Waals surface area (Å²) >= 11 is 0. The molecule has 0 spiro atoms. The van der Waals surface area contributed by atoms with E-state index in [-0.39, 0.29) is 11.8 Å². The molecule has 2 aromatic rings. The molecule has 3 heterocycles. The quantitative estimate of drug-likeness (QED) is 0.692. The average Bonchev–Trinajstić information content (AvgIpc) is 3.45. The van der Waals surface area contributed by atoms with E-state index in [0.717, 1.165) is 18.9 Å². The molecule has 0 N–H and O–H groups in total. The number of rotatable bonds is 7. The van der Waals surface area contributed by atoms with Crippen LogP contribution in [0.4, 0.5) is 0 Å². The van der Waals surface area contributed by atoms with Crippen LogP contribution in [0.1, 0.15) is 60.4 Å². The summed E-state index contributed by atoms with van der Waals surface area (Å²) in [5, 5.41) is 4.08. The van der Waals surface area contributed by atoms with Gasteiger partial charge in [0.25, 0.3) is 5.91 Å². The van der Waals surface area contributed by atoms with Gasteiger partial charge in [-0.15, -0.1) is 0 Å². The molecule has 1 amide bonds. The molecule has 1 atom stereocenters. The Balaban J connectivity index is 1.25. The predicted octanol–water partition coefficient (Wildman–Crippen LogP) is 2.18. The summed E-state index contributed by atoms with van der Waals surface area (Å²) in [6.07, 6.45) is 10.2. The zero-order valence-electron chi connectivity index (χ0n) is 15.8. The highest BCUT2D eigenvalue weighted by atomic mass is 16.5. The Morgan fingerprint density at radius 3 is 2.96 bits per heavy atom. The summed E-state index contributed by atoms with van der Waals surface area (Å²) in [5.74, 6) is 2.54. The number of aryl methyl sites for hydroxylation is 1. The Bertz CT molecular complexity index is 765. The van der Waals surface area contributed by atoms with Crippen molar-refractivity contribution in [2.45, 2.75) is 44.4 Å². The Morgan fingerprint density at radius 2 is 2.19 bits per heavy atom. The molecule has 2 aliphatic rings. The van der Waals surface area contributed by atoms with Crippen LogP contribution in [0, 0.1) is 5.92 Å². The van der Waals surface area contributed by atoms with Crippen LogP contribution in [-0.4, -0.2) is 56.8 Å². The van der Waals surface area contributed by atoms with Crippen LogP contribution < -0.4 is 0 Å². The monoisotopic (exact) mass is 373 g/mol. The number of hydrogen-bond acceptors (Lipinski definition) is 6. The molecule has 8 heteroatoms. The molecule has 2 fully saturated rings. The largest absolute Gasteiger partial charge is 0.381 e. The summed E-state index contributed by atoms with van der Waals surface area (Å²) in [4.78, 5) is 23.0. The van der Waals surface area contributed by atoms with Gasteiger partial charge in [0.05, 0.1) is 12.5 Å². The Kier molecular flexibility index (Phi) is 5.52. The van der Waals surface area contributed by atoms with Gasteiger partial charge < -0.3 is 18.7 Å². The fourth-order valence-corrected chi connectivity index (χ4v) is 3.98. The van der Waals surface area contributed by atoms with Gasteiger partial charge in [-0.25, -0.2) is 4.98 Å². The van der Waals surface area contributed by atoms with Crippen molar-refractivity contribution in [3.05, 3.63) is 29.9 Å². The van der Waals surface area contributed by atoms with Gasteiger partial charge in [-0.05, 0) is 25.2 Å². The molecular weight excluding hydrogens is 346 g/mol. The summed E-state index contributed by atoms with van der Waals surface area (Å²) in [5.41, 5.74) is 0. The van der Waals surface area contributed by atoms with E-state index in [4.69, 9.17) is 9.26 Å². The summed E-state index contributed by atoms with van der Waals surface area (Å²) < 4.78 is 13.0. The number of carbonyl (C=O) groups is 1. The molecule has 1 saturated carbocycles. The van der Waals surface area contributed by atoms with Crippen LogP contribution in [0.15, 0.2) is 16.9 Å². The van der Waals surface area contributed by atoms with E-state index in [0.29, 0.717) is 43.7 Å². The van der Waals surface area contributed by atoms with Crippen LogP contribution in [0.5, 0.6) is 0 Å². The second kappa shape index (κ2) is 8.21. The zero-order valence-corrected chi connectivity index (χ0v) is 15.8. The van der Waals surface area contributed by atoms with E-state index >= 15 is 0 Å². The Hall–Kier alpha value is -2.22. The van der Waals surface area contributed by atoms with E-state index in [9.17, 15) is 4.79 Å². The van der Waals surface area contributed by atoms with E-state index in [1.54, 1.807) is 17.0 Å². The minimum atomic E-state index is -0.0509. The van der Waals surface area contributed by atoms with E-state index in [1.807, 2.05) is 11.9 Å². The second-order valence-electron chi connectivity index (χ2n) is 7.62. The molecule has 4 rings (SSSR count). The van der Waals surface area contributed by atoms with Crippen LogP contribution >= 0.6 is 0 Å². The number of amides is 1. The molecule has 1 unspecified atom stereocenters. The normalized spacial score (nSPS) is 20.6. The third-order valence-electron chi connectivity index (χ3n) is 5.62. The standard InChI is InChI=1S/C19H27N5O3/c1-23-10-8-20-17(23)19(25)24-9-6-15(12-24)18-21-16(22-27-18)7-11-26-13-14-4-2-3-5-14/h8,10,14-15H,2-7,9,11-13H2,1H3. The van der Waals surface area contributed by atoms with Gasteiger partial charge in [0.15, 0.2) is 11.6 Å². The van der Waals surface area contributed by atoms with Gasteiger partial charge in [-0.3, -0.25) is 4.79 Å². The molecule has 0 aromatic carbocycles. The number of carbonyl (C=O) groups excluding carboxylic acids is 1. The molecule has 0 bridgehead atoms. The summed E-state index contributed by atoms with van der Waals surface area (Å²) in [6, 6.07) is 0. The smallest absolute Gasteiger partial charge is 0.289 e. The number of imidazole rings is 1. The number of nitrogens with zero attached hydrogens (tertiary/aromatic N) is 5. The van der Waals surface area contributed by atoms with Crippen molar-refractivity contribution in [2.24, 2.45) is 13.0 Å². The fourth-order valence-electron chi connectivity index (χ4n) is 3.98. The molecule has 2 aromatic heterocycles. The molecule has 1 aliphatic heterocycles. The first-order chi connectivity index (χ1) is 13.2. The maximum atomic E-state index is 12.6. The highest BCUT2D eigenvalue weighted by Gasteiger charge is 2.32. The minimum Gasteiger partial charge on any atom is -0.381 e. The maximum absolute atomic E-state index is 12.6. The first-order valence-electron chi connectivity index (χ1n) is 9.87. The number of ether oxygens (including phenoxy) is 1. The fraction of sp³-hybridized carbons (Fsp3) is 0.684. The van der Waals surface area contributed by atoms with Crippen molar-refractivity contribution in [1.82, 2.24) is 24.6 Å². The zero-order chi connectivity index (χ0) is 18.6.